The molecule has 0 aromatic heterocycles. The fourth-order valence-electron chi connectivity index (χ4n) is 2.24. The molecule has 0 aliphatic carbocycles. The summed E-state index contributed by atoms with van der Waals surface area (Å²) in [5, 5.41) is 2.76. The molecule has 1 atom stereocenters. The summed E-state index contributed by atoms with van der Waals surface area (Å²) in [6.07, 6.45) is 1.97. The zero-order valence-corrected chi connectivity index (χ0v) is 8.12. The second kappa shape index (κ2) is 4.09. The third-order valence-corrected chi connectivity index (χ3v) is 3.10. The highest BCUT2D eigenvalue weighted by molar-refractivity contribution is 6.01. The zero-order chi connectivity index (χ0) is 9.97. The number of nitrogens with one attached hydrogen (secondary N) is 1. The highest BCUT2D eigenvalue weighted by Crippen LogP contribution is 2.26. The minimum Gasteiger partial charge on any atom is -0.381 e. The molecule has 0 bridgehead atoms. The number of rotatable bonds is 1. The van der Waals surface area contributed by atoms with Crippen molar-refractivity contribution >= 4 is 11.7 Å². The van der Waals surface area contributed by atoms with Crippen molar-refractivity contribution in [3.63, 3.8) is 0 Å². The molecular formula is C10H15NO3. The van der Waals surface area contributed by atoms with E-state index in [-0.39, 0.29) is 24.0 Å². The van der Waals surface area contributed by atoms with E-state index in [0.29, 0.717) is 12.5 Å². The molecule has 2 heterocycles. The molecule has 2 aliphatic rings. The Morgan fingerprint density at radius 1 is 1.21 bits per heavy atom. The minimum atomic E-state index is -0.127. The molecule has 4 nitrogen and oxygen atoms in total. The number of ketones is 1. The van der Waals surface area contributed by atoms with Gasteiger partial charge in [0.25, 0.3) is 0 Å². The van der Waals surface area contributed by atoms with Crippen molar-refractivity contribution in [3.05, 3.63) is 0 Å². The standard InChI is InChI=1S/C10H15NO3/c12-9-5-10(13)11-6-8(9)7-1-3-14-4-2-7/h7-8H,1-6H2,(H,11,13). The van der Waals surface area contributed by atoms with Crippen LogP contribution < -0.4 is 5.32 Å². The monoisotopic (exact) mass is 197 g/mol. The van der Waals surface area contributed by atoms with Crippen LogP contribution in [0.15, 0.2) is 0 Å². The fraction of sp³-hybridized carbons (Fsp3) is 0.800. The number of amides is 1. The number of carbonyl (C=O) groups is 2. The van der Waals surface area contributed by atoms with Crippen molar-refractivity contribution in [1.29, 1.82) is 0 Å². The highest BCUT2D eigenvalue weighted by atomic mass is 16.5. The lowest BCUT2D eigenvalue weighted by molar-refractivity contribution is -0.135. The van der Waals surface area contributed by atoms with Gasteiger partial charge in [-0.1, -0.05) is 0 Å². The van der Waals surface area contributed by atoms with Gasteiger partial charge in [0.15, 0.2) is 0 Å². The third-order valence-electron chi connectivity index (χ3n) is 3.10. The van der Waals surface area contributed by atoms with Crippen LogP contribution in [0.2, 0.25) is 0 Å². The molecule has 1 N–H and O–H groups in total. The summed E-state index contributed by atoms with van der Waals surface area (Å²) < 4.78 is 5.25. The molecule has 0 aromatic rings. The third kappa shape index (κ3) is 1.95. The first-order valence-electron chi connectivity index (χ1n) is 5.14. The van der Waals surface area contributed by atoms with Gasteiger partial charge in [-0.25, -0.2) is 0 Å². The molecule has 1 unspecified atom stereocenters. The van der Waals surface area contributed by atoms with Crippen LogP contribution in [0.3, 0.4) is 0 Å². The first-order chi connectivity index (χ1) is 6.77. The normalized spacial score (nSPS) is 30.1. The minimum absolute atomic E-state index is 0.0385. The average molecular weight is 197 g/mol. The Hall–Kier alpha value is -0.900. The van der Waals surface area contributed by atoms with Crippen LogP contribution in [0.25, 0.3) is 0 Å². The van der Waals surface area contributed by atoms with Crippen LogP contribution in [0.4, 0.5) is 0 Å². The quantitative estimate of drug-likeness (QED) is 0.607. The highest BCUT2D eigenvalue weighted by Gasteiger charge is 2.33. The molecule has 4 heteroatoms. The lowest BCUT2D eigenvalue weighted by Crippen LogP contribution is -2.45. The van der Waals surface area contributed by atoms with Crippen LogP contribution in [0, 0.1) is 11.8 Å². The first-order valence-corrected chi connectivity index (χ1v) is 5.14. The maximum absolute atomic E-state index is 11.6. The van der Waals surface area contributed by atoms with Gasteiger partial charge in [-0.3, -0.25) is 9.59 Å². The SMILES string of the molecule is O=C1CC(=O)C(C2CCOCC2)CN1. The van der Waals surface area contributed by atoms with Crippen molar-refractivity contribution in [2.24, 2.45) is 11.8 Å². The van der Waals surface area contributed by atoms with Crippen molar-refractivity contribution in [2.45, 2.75) is 19.3 Å². The summed E-state index contributed by atoms with van der Waals surface area (Å²) in [7, 11) is 0. The molecule has 2 fully saturated rings. The van der Waals surface area contributed by atoms with Crippen molar-refractivity contribution in [1.82, 2.24) is 5.32 Å². The first kappa shape index (κ1) is 9.65. The van der Waals surface area contributed by atoms with E-state index in [2.05, 4.69) is 5.32 Å². The maximum Gasteiger partial charge on any atom is 0.227 e. The molecule has 0 radical (unpaired) electrons. The van der Waals surface area contributed by atoms with Gasteiger partial charge in [0.1, 0.15) is 5.78 Å². The number of ether oxygens (including phenoxy) is 1. The van der Waals surface area contributed by atoms with Gasteiger partial charge in [0, 0.05) is 25.7 Å². The molecule has 14 heavy (non-hydrogen) atoms. The number of hydrogen-bond donors (Lipinski definition) is 1. The van der Waals surface area contributed by atoms with Gasteiger partial charge in [-0.15, -0.1) is 0 Å². The Balaban J connectivity index is 1.95. The molecule has 1 amide bonds. The molecule has 2 rings (SSSR count). The van der Waals surface area contributed by atoms with Crippen molar-refractivity contribution in [2.75, 3.05) is 19.8 Å². The average Bonchev–Trinajstić information content (AvgIpc) is 2.19. The van der Waals surface area contributed by atoms with E-state index in [9.17, 15) is 9.59 Å². The molecule has 0 spiro atoms. The Morgan fingerprint density at radius 3 is 2.57 bits per heavy atom. The molecular weight excluding hydrogens is 182 g/mol. The zero-order valence-electron chi connectivity index (χ0n) is 8.12. The summed E-state index contributed by atoms with van der Waals surface area (Å²) in [5.74, 6) is 0.437. The molecule has 2 saturated heterocycles. The van der Waals surface area contributed by atoms with Gasteiger partial charge >= 0.3 is 0 Å². The van der Waals surface area contributed by atoms with Gasteiger partial charge in [0.2, 0.25) is 5.91 Å². The Labute approximate surface area is 83.0 Å². The van der Waals surface area contributed by atoms with Gasteiger partial charge in [-0.05, 0) is 18.8 Å². The Kier molecular flexibility index (Phi) is 2.82. The van der Waals surface area contributed by atoms with Crippen molar-refractivity contribution < 1.29 is 14.3 Å². The summed E-state index contributed by atoms with van der Waals surface area (Å²) in [4.78, 5) is 22.5. The topological polar surface area (TPSA) is 55.4 Å². The second-order valence-corrected chi connectivity index (χ2v) is 4.00. The van der Waals surface area contributed by atoms with Crippen LogP contribution in [-0.2, 0) is 14.3 Å². The van der Waals surface area contributed by atoms with E-state index in [4.69, 9.17) is 4.74 Å². The second-order valence-electron chi connectivity index (χ2n) is 4.00. The smallest absolute Gasteiger partial charge is 0.227 e. The summed E-state index contributed by atoms with van der Waals surface area (Å²) >= 11 is 0. The van der Waals surface area contributed by atoms with E-state index in [1.54, 1.807) is 0 Å². The van der Waals surface area contributed by atoms with E-state index < -0.39 is 0 Å². The van der Waals surface area contributed by atoms with E-state index in [0.717, 1.165) is 26.1 Å². The predicted molar refractivity (Wildman–Crippen MR) is 49.7 cm³/mol. The number of carbonyl (C=O) groups excluding carboxylic acids is 2. The Bertz CT molecular complexity index is 246. The summed E-state index contributed by atoms with van der Waals surface area (Å²) in [6.45, 7) is 2.03. The molecule has 0 saturated carbocycles. The van der Waals surface area contributed by atoms with E-state index in [1.807, 2.05) is 0 Å². The lowest BCUT2D eigenvalue weighted by Gasteiger charge is -2.31. The van der Waals surface area contributed by atoms with Crippen LogP contribution >= 0.6 is 0 Å². The fourth-order valence-corrected chi connectivity index (χ4v) is 2.24. The summed E-state index contributed by atoms with van der Waals surface area (Å²) in [5.41, 5.74) is 0. The predicted octanol–water partition coefficient (Wildman–Crippen LogP) is 0.118. The summed E-state index contributed by atoms with van der Waals surface area (Å²) in [6, 6.07) is 0. The molecule has 2 aliphatic heterocycles. The van der Waals surface area contributed by atoms with Crippen LogP contribution in [0.5, 0.6) is 0 Å². The number of Topliss-reactive ketones (excluding diaryl/α,β-unsaturated/α-hetero) is 1. The maximum atomic E-state index is 11.6. The number of piperidine rings is 1. The Morgan fingerprint density at radius 2 is 1.93 bits per heavy atom. The van der Waals surface area contributed by atoms with Gasteiger partial charge in [0.05, 0.1) is 6.42 Å². The lowest BCUT2D eigenvalue weighted by atomic mass is 9.80. The van der Waals surface area contributed by atoms with E-state index in [1.165, 1.54) is 0 Å². The molecule has 0 aromatic carbocycles. The largest absolute Gasteiger partial charge is 0.381 e. The van der Waals surface area contributed by atoms with Gasteiger partial charge < -0.3 is 10.1 Å². The van der Waals surface area contributed by atoms with Crippen LogP contribution in [0.1, 0.15) is 19.3 Å². The van der Waals surface area contributed by atoms with Gasteiger partial charge in [-0.2, -0.15) is 0 Å². The number of hydrogen-bond acceptors (Lipinski definition) is 3. The van der Waals surface area contributed by atoms with Crippen LogP contribution in [-0.4, -0.2) is 31.4 Å². The van der Waals surface area contributed by atoms with Crippen molar-refractivity contribution in [3.8, 4) is 0 Å². The van der Waals surface area contributed by atoms with E-state index >= 15 is 0 Å². The molecule has 78 valence electrons.